The van der Waals surface area contributed by atoms with E-state index in [2.05, 4.69) is 0 Å². The van der Waals surface area contributed by atoms with Crippen molar-refractivity contribution in [2.75, 3.05) is 26.7 Å². The second-order valence-electron chi connectivity index (χ2n) is 4.31. The van der Waals surface area contributed by atoms with Gasteiger partial charge in [0.05, 0.1) is 5.41 Å². The maximum Gasteiger partial charge on any atom is 0.319 e. The Hall–Kier alpha value is -1.26. The van der Waals surface area contributed by atoms with Gasteiger partial charge in [-0.05, 0) is 13.8 Å². The van der Waals surface area contributed by atoms with Gasteiger partial charge in [-0.3, -0.25) is 4.79 Å². The first-order chi connectivity index (χ1) is 6.34. The van der Waals surface area contributed by atoms with Crippen LogP contribution in [0.4, 0.5) is 4.79 Å². The average Bonchev–Trinajstić information content (AvgIpc) is 2.35. The molecule has 0 atom stereocenters. The van der Waals surface area contributed by atoms with Gasteiger partial charge in [0, 0.05) is 26.7 Å². The number of aliphatic carboxylic acids is 1. The highest BCUT2D eigenvalue weighted by molar-refractivity contribution is 5.78. The molecule has 5 nitrogen and oxygen atoms in total. The number of hydrogen-bond acceptors (Lipinski definition) is 2. The third-order valence-corrected chi connectivity index (χ3v) is 2.47. The van der Waals surface area contributed by atoms with Crippen molar-refractivity contribution in [3.8, 4) is 0 Å². The number of carboxylic acids is 1. The minimum atomic E-state index is -0.875. The van der Waals surface area contributed by atoms with Crippen LogP contribution in [-0.4, -0.2) is 53.6 Å². The Kier molecular flexibility index (Phi) is 2.69. The summed E-state index contributed by atoms with van der Waals surface area (Å²) in [5, 5.41) is 8.90. The summed E-state index contributed by atoms with van der Waals surface area (Å²) in [4.78, 5) is 25.5. The molecule has 5 heteroatoms. The number of likely N-dealkylation sites (N-methyl/N-ethyl adjacent to an activating group) is 1. The molecule has 0 aromatic carbocycles. The van der Waals surface area contributed by atoms with Crippen LogP contribution in [0.3, 0.4) is 0 Å². The minimum absolute atomic E-state index is 0.0840. The Labute approximate surface area is 83.3 Å². The van der Waals surface area contributed by atoms with Gasteiger partial charge < -0.3 is 14.9 Å². The predicted octanol–water partition coefficient (Wildman–Crippen LogP) is 0.465. The molecule has 0 aromatic rings. The van der Waals surface area contributed by atoms with Gasteiger partial charge >= 0.3 is 12.0 Å². The molecule has 0 aliphatic carbocycles. The summed E-state index contributed by atoms with van der Waals surface area (Å²) in [7, 11) is 1.72. The molecule has 1 N–H and O–H groups in total. The van der Waals surface area contributed by atoms with Gasteiger partial charge in [-0.15, -0.1) is 0 Å². The quantitative estimate of drug-likeness (QED) is 0.720. The van der Waals surface area contributed by atoms with E-state index in [-0.39, 0.29) is 12.6 Å². The van der Waals surface area contributed by atoms with Crippen LogP contribution in [0.2, 0.25) is 0 Å². The summed E-state index contributed by atoms with van der Waals surface area (Å²) >= 11 is 0. The Morgan fingerprint density at radius 2 is 2.07 bits per heavy atom. The maximum absolute atomic E-state index is 11.5. The molecular formula is C9H16N2O3. The van der Waals surface area contributed by atoms with Crippen molar-refractivity contribution in [1.29, 1.82) is 0 Å². The van der Waals surface area contributed by atoms with E-state index in [1.165, 1.54) is 0 Å². The molecule has 0 aromatic heterocycles. The molecule has 1 aliphatic heterocycles. The first kappa shape index (κ1) is 10.8. The Balaban J connectivity index is 2.62. The van der Waals surface area contributed by atoms with Crippen LogP contribution < -0.4 is 0 Å². The highest BCUT2D eigenvalue weighted by Crippen LogP contribution is 2.19. The molecule has 1 rings (SSSR count). The van der Waals surface area contributed by atoms with E-state index in [1.54, 1.807) is 30.7 Å². The number of amides is 2. The van der Waals surface area contributed by atoms with E-state index in [1.807, 2.05) is 0 Å². The highest BCUT2D eigenvalue weighted by Gasteiger charge is 2.35. The van der Waals surface area contributed by atoms with Crippen molar-refractivity contribution >= 4 is 12.0 Å². The van der Waals surface area contributed by atoms with E-state index < -0.39 is 11.4 Å². The number of carbonyl (C=O) groups is 2. The topological polar surface area (TPSA) is 60.9 Å². The van der Waals surface area contributed by atoms with Crippen LogP contribution in [-0.2, 0) is 4.79 Å². The van der Waals surface area contributed by atoms with Gasteiger partial charge in [-0.25, -0.2) is 4.79 Å². The van der Waals surface area contributed by atoms with Gasteiger partial charge in [0.2, 0.25) is 0 Å². The van der Waals surface area contributed by atoms with Crippen LogP contribution in [0, 0.1) is 5.41 Å². The van der Waals surface area contributed by atoms with Crippen LogP contribution in [0.15, 0.2) is 0 Å². The van der Waals surface area contributed by atoms with Gasteiger partial charge in [-0.2, -0.15) is 0 Å². The van der Waals surface area contributed by atoms with E-state index in [0.717, 1.165) is 0 Å². The first-order valence-electron chi connectivity index (χ1n) is 4.58. The molecule has 0 unspecified atom stereocenters. The van der Waals surface area contributed by atoms with Crippen LogP contribution in [0.1, 0.15) is 13.8 Å². The van der Waals surface area contributed by atoms with Crippen molar-refractivity contribution in [1.82, 2.24) is 9.80 Å². The molecule has 0 spiro atoms. The van der Waals surface area contributed by atoms with E-state index in [0.29, 0.717) is 13.1 Å². The van der Waals surface area contributed by atoms with Crippen LogP contribution in [0.5, 0.6) is 0 Å². The van der Waals surface area contributed by atoms with Crippen molar-refractivity contribution in [3.63, 3.8) is 0 Å². The molecule has 1 heterocycles. The second kappa shape index (κ2) is 3.48. The van der Waals surface area contributed by atoms with Gasteiger partial charge in [0.1, 0.15) is 0 Å². The summed E-state index contributed by atoms with van der Waals surface area (Å²) in [5.74, 6) is -0.875. The lowest BCUT2D eigenvalue weighted by molar-refractivity contribution is -0.147. The molecule has 2 amide bonds. The van der Waals surface area contributed by atoms with E-state index >= 15 is 0 Å². The number of hydrogen-bond donors (Lipinski definition) is 1. The lowest BCUT2D eigenvalue weighted by Gasteiger charge is -2.25. The van der Waals surface area contributed by atoms with Crippen LogP contribution in [0.25, 0.3) is 0 Å². The highest BCUT2D eigenvalue weighted by atomic mass is 16.4. The zero-order valence-electron chi connectivity index (χ0n) is 8.78. The third kappa shape index (κ3) is 1.97. The first-order valence-corrected chi connectivity index (χ1v) is 4.58. The molecule has 1 saturated heterocycles. The normalized spacial score (nSPS) is 17.8. The largest absolute Gasteiger partial charge is 0.481 e. The number of carboxylic acid groups (broad SMARTS) is 1. The summed E-state index contributed by atoms with van der Waals surface area (Å²) in [6.07, 6.45) is 0. The van der Waals surface area contributed by atoms with Crippen molar-refractivity contribution in [3.05, 3.63) is 0 Å². The number of nitrogens with zero attached hydrogens (tertiary/aromatic N) is 2. The molecule has 14 heavy (non-hydrogen) atoms. The molecule has 0 bridgehead atoms. The maximum atomic E-state index is 11.5. The van der Waals surface area contributed by atoms with E-state index in [4.69, 9.17) is 5.11 Å². The van der Waals surface area contributed by atoms with Crippen molar-refractivity contribution in [2.24, 2.45) is 5.41 Å². The standard InChI is InChI=1S/C9H16N2O3/c1-9(2,7(12)13)6-11-5-4-10(3)8(11)14/h4-6H2,1-3H3,(H,12,13). The molecule has 1 aliphatic rings. The lowest BCUT2D eigenvalue weighted by atomic mass is 9.93. The molecule has 80 valence electrons. The lowest BCUT2D eigenvalue weighted by Crippen LogP contribution is -2.41. The monoisotopic (exact) mass is 200 g/mol. The van der Waals surface area contributed by atoms with Gasteiger partial charge in [0.15, 0.2) is 0 Å². The second-order valence-corrected chi connectivity index (χ2v) is 4.31. The predicted molar refractivity (Wildman–Crippen MR) is 51.0 cm³/mol. The Morgan fingerprint density at radius 3 is 2.43 bits per heavy atom. The fraction of sp³-hybridized carbons (Fsp3) is 0.778. The molecular weight excluding hydrogens is 184 g/mol. The van der Waals surface area contributed by atoms with Crippen molar-refractivity contribution in [2.45, 2.75) is 13.8 Å². The summed E-state index contributed by atoms with van der Waals surface area (Å²) in [6.45, 7) is 4.81. The summed E-state index contributed by atoms with van der Waals surface area (Å²) in [6, 6.07) is -0.0840. The number of urea groups is 1. The van der Waals surface area contributed by atoms with Gasteiger partial charge in [0.25, 0.3) is 0 Å². The van der Waals surface area contributed by atoms with Crippen molar-refractivity contribution < 1.29 is 14.7 Å². The number of rotatable bonds is 3. The molecule has 0 radical (unpaired) electrons. The average molecular weight is 200 g/mol. The minimum Gasteiger partial charge on any atom is -0.481 e. The van der Waals surface area contributed by atoms with Gasteiger partial charge in [-0.1, -0.05) is 0 Å². The molecule has 0 saturated carbocycles. The Bertz CT molecular complexity index is 263. The summed E-state index contributed by atoms with van der Waals surface area (Å²) < 4.78 is 0. The zero-order valence-corrected chi connectivity index (χ0v) is 8.78. The third-order valence-electron chi connectivity index (χ3n) is 2.47. The SMILES string of the molecule is CN1CCN(CC(C)(C)C(=O)O)C1=O. The fourth-order valence-electron chi connectivity index (χ4n) is 1.39. The summed E-state index contributed by atoms with van der Waals surface area (Å²) in [5.41, 5.74) is -0.874. The molecule has 1 fully saturated rings. The van der Waals surface area contributed by atoms with Crippen LogP contribution >= 0.6 is 0 Å². The Morgan fingerprint density at radius 1 is 1.50 bits per heavy atom. The zero-order chi connectivity index (χ0) is 10.9. The van der Waals surface area contributed by atoms with E-state index in [9.17, 15) is 9.59 Å². The fourth-order valence-corrected chi connectivity index (χ4v) is 1.39. The number of carbonyl (C=O) groups excluding carboxylic acids is 1. The smallest absolute Gasteiger partial charge is 0.319 e.